The number of rotatable bonds is 18. The van der Waals surface area contributed by atoms with Gasteiger partial charge in [-0.2, -0.15) is 26.3 Å². The summed E-state index contributed by atoms with van der Waals surface area (Å²) in [6.07, 6.45) is 7.00. The molecule has 0 saturated heterocycles. The van der Waals surface area contributed by atoms with E-state index in [1.807, 2.05) is 19.1 Å². The number of alkyl halides is 6. The van der Waals surface area contributed by atoms with Crippen molar-refractivity contribution in [2.45, 2.75) is 135 Å². The fourth-order valence-corrected chi connectivity index (χ4v) is 8.88. The van der Waals surface area contributed by atoms with Crippen molar-refractivity contribution in [3.8, 4) is 22.3 Å². The summed E-state index contributed by atoms with van der Waals surface area (Å²) >= 11 is 0. The number of fused-ring (bicyclic) bond motifs is 3. The van der Waals surface area contributed by atoms with Crippen molar-refractivity contribution in [2.75, 3.05) is 4.90 Å². The molecule has 0 aromatic heterocycles. The maximum atomic E-state index is 14.0. The zero-order valence-electron chi connectivity index (χ0n) is 34.4. The predicted molar refractivity (Wildman–Crippen MR) is 228 cm³/mol. The third kappa shape index (κ3) is 9.84. The monoisotopic (exact) mass is 797 g/mol. The van der Waals surface area contributed by atoms with Crippen LogP contribution in [-0.4, -0.2) is 0 Å². The lowest BCUT2D eigenvalue weighted by atomic mass is 9.70. The molecule has 0 saturated carbocycles. The Kier molecular flexibility index (Phi) is 13.8. The molecule has 0 aliphatic heterocycles. The topological polar surface area (TPSA) is 3.24 Å². The minimum atomic E-state index is -4.97. The molecule has 0 N–H and O–H groups in total. The zero-order chi connectivity index (χ0) is 41.5. The number of anilines is 3. The van der Waals surface area contributed by atoms with Gasteiger partial charge in [0.2, 0.25) is 0 Å². The molecule has 0 heterocycles. The molecular weight excluding hydrogens is 741 g/mol. The Balaban J connectivity index is 1.40. The maximum absolute atomic E-state index is 14.0. The molecule has 308 valence electrons. The Morgan fingerprint density at radius 2 is 0.862 bits per heavy atom. The molecule has 7 heteroatoms. The number of hydrogen-bond acceptors (Lipinski definition) is 1. The molecule has 0 amide bonds. The fraction of sp³-hybridized carbons (Fsp3) is 0.412. The van der Waals surface area contributed by atoms with E-state index < -0.39 is 23.5 Å². The first kappa shape index (κ1) is 43.1. The van der Waals surface area contributed by atoms with Gasteiger partial charge in [0, 0.05) is 22.5 Å². The normalized spacial score (nSPS) is 13.4. The first-order valence-corrected chi connectivity index (χ1v) is 21.3. The van der Waals surface area contributed by atoms with Crippen LogP contribution in [-0.2, 0) is 17.8 Å². The summed E-state index contributed by atoms with van der Waals surface area (Å²) < 4.78 is 84.2. The molecule has 5 aromatic carbocycles. The third-order valence-electron chi connectivity index (χ3n) is 12.0. The van der Waals surface area contributed by atoms with Gasteiger partial charge in [0.15, 0.2) is 0 Å². The van der Waals surface area contributed by atoms with E-state index in [0.29, 0.717) is 11.4 Å². The van der Waals surface area contributed by atoms with Crippen molar-refractivity contribution in [1.82, 2.24) is 0 Å². The molecule has 0 unspecified atom stereocenters. The van der Waals surface area contributed by atoms with Crippen molar-refractivity contribution < 1.29 is 26.3 Å². The number of nitrogens with zero attached hydrogens (tertiary/aromatic N) is 1. The van der Waals surface area contributed by atoms with E-state index in [9.17, 15) is 26.3 Å². The minimum Gasteiger partial charge on any atom is -0.310 e. The van der Waals surface area contributed by atoms with Gasteiger partial charge in [-0.15, -0.1) is 0 Å². The highest BCUT2D eigenvalue weighted by molar-refractivity contribution is 5.85. The van der Waals surface area contributed by atoms with Gasteiger partial charge in [-0.05, 0) is 109 Å². The second kappa shape index (κ2) is 18.6. The molecule has 1 aliphatic carbocycles. The molecule has 0 radical (unpaired) electrons. The molecule has 0 atom stereocenters. The van der Waals surface area contributed by atoms with E-state index in [1.54, 1.807) is 36.4 Å². The summed E-state index contributed by atoms with van der Waals surface area (Å²) in [7, 11) is 0. The van der Waals surface area contributed by atoms with Crippen LogP contribution in [0.25, 0.3) is 22.3 Å². The van der Waals surface area contributed by atoms with Crippen LogP contribution >= 0.6 is 0 Å². The van der Waals surface area contributed by atoms with Crippen LogP contribution in [0.4, 0.5) is 43.4 Å². The highest BCUT2D eigenvalue weighted by Crippen LogP contribution is 2.55. The Labute approximate surface area is 341 Å². The Morgan fingerprint density at radius 1 is 0.431 bits per heavy atom. The van der Waals surface area contributed by atoms with Gasteiger partial charge in [0.25, 0.3) is 0 Å². The Morgan fingerprint density at radius 3 is 1.38 bits per heavy atom. The van der Waals surface area contributed by atoms with Gasteiger partial charge in [-0.3, -0.25) is 0 Å². The number of benzene rings is 5. The summed E-state index contributed by atoms with van der Waals surface area (Å²) in [5, 5.41) is 0. The van der Waals surface area contributed by atoms with Crippen molar-refractivity contribution >= 4 is 17.1 Å². The van der Waals surface area contributed by atoms with Gasteiger partial charge < -0.3 is 4.90 Å². The standard InChI is InChI=1S/C51H57F6N/c1-5-7-9-11-13-15-29-49(30-16-14-12-10-8-6-2)47-31-37(4)19-27-45(47)46-28-22-39(32-48(46)49)38-20-25-43(26-21-38)58(42-23-17-36(3)18-24-42)44-34-40(50(52,53)54)33-41(35-44)51(55,56)57/h17-28,31-35H,5-16,29-30H2,1-4H3. The van der Waals surface area contributed by atoms with E-state index in [-0.39, 0.29) is 17.2 Å². The van der Waals surface area contributed by atoms with Crippen LogP contribution in [0, 0.1) is 13.8 Å². The molecule has 0 spiro atoms. The molecule has 58 heavy (non-hydrogen) atoms. The lowest BCUT2D eigenvalue weighted by molar-refractivity contribution is -0.143. The number of hydrogen-bond donors (Lipinski definition) is 0. The second-order valence-corrected chi connectivity index (χ2v) is 16.4. The van der Waals surface area contributed by atoms with E-state index >= 15 is 0 Å². The van der Waals surface area contributed by atoms with E-state index in [1.165, 1.54) is 96.9 Å². The largest absolute Gasteiger partial charge is 0.416 e. The van der Waals surface area contributed by atoms with Crippen LogP contribution in [0.5, 0.6) is 0 Å². The molecule has 6 rings (SSSR count). The van der Waals surface area contributed by atoms with Crippen molar-refractivity contribution in [3.63, 3.8) is 0 Å². The average Bonchev–Trinajstić information content (AvgIpc) is 3.45. The van der Waals surface area contributed by atoms with Crippen LogP contribution in [0.2, 0.25) is 0 Å². The van der Waals surface area contributed by atoms with E-state index in [2.05, 4.69) is 57.2 Å². The summed E-state index contributed by atoms with van der Waals surface area (Å²) in [4.78, 5) is 1.46. The minimum absolute atomic E-state index is 0.107. The quantitative estimate of drug-likeness (QED) is 0.0630. The fourth-order valence-electron chi connectivity index (χ4n) is 8.88. The second-order valence-electron chi connectivity index (χ2n) is 16.4. The molecule has 0 fully saturated rings. The smallest absolute Gasteiger partial charge is 0.310 e. The average molecular weight is 798 g/mol. The lowest BCUT2D eigenvalue weighted by Gasteiger charge is -2.33. The maximum Gasteiger partial charge on any atom is 0.416 e. The van der Waals surface area contributed by atoms with E-state index in [4.69, 9.17) is 0 Å². The van der Waals surface area contributed by atoms with Gasteiger partial charge >= 0.3 is 12.4 Å². The lowest BCUT2D eigenvalue weighted by Crippen LogP contribution is -2.25. The highest BCUT2D eigenvalue weighted by atomic mass is 19.4. The van der Waals surface area contributed by atoms with Gasteiger partial charge in [-0.25, -0.2) is 0 Å². The van der Waals surface area contributed by atoms with Crippen LogP contribution in [0.15, 0.2) is 103 Å². The first-order valence-electron chi connectivity index (χ1n) is 21.3. The summed E-state index contributed by atoms with van der Waals surface area (Å²) in [5.74, 6) is 0. The number of aryl methyl sites for hydroxylation is 2. The van der Waals surface area contributed by atoms with Gasteiger partial charge in [0.1, 0.15) is 0 Å². The third-order valence-corrected chi connectivity index (χ3v) is 12.0. The molecule has 1 nitrogen and oxygen atoms in total. The van der Waals surface area contributed by atoms with Gasteiger partial charge in [-0.1, -0.05) is 157 Å². The molecular formula is C51H57F6N. The summed E-state index contributed by atoms with van der Waals surface area (Å²) in [5.41, 5.74) is 7.38. The molecule has 0 bridgehead atoms. The summed E-state index contributed by atoms with van der Waals surface area (Å²) in [6.45, 7) is 8.55. The van der Waals surface area contributed by atoms with Crippen LogP contribution < -0.4 is 4.90 Å². The zero-order valence-corrected chi connectivity index (χ0v) is 34.4. The number of halogens is 6. The van der Waals surface area contributed by atoms with Crippen LogP contribution in [0.3, 0.4) is 0 Å². The summed E-state index contributed by atoms with van der Waals surface area (Å²) in [6, 6.07) is 29.8. The Bertz CT molecular complexity index is 2060. The van der Waals surface area contributed by atoms with Crippen molar-refractivity contribution in [3.05, 3.63) is 137 Å². The van der Waals surface area contributed by atoms with Crippen molar-refractivity contribution in [1.29, 1.82) is 0 Å². The molecule has 5 aromatic rings. The predicted octanol–water partition coefficient (Wildman–Crippen LogP) is 17.2. The van der Waals surface area contributed by atoms with Crippen molar-refractivity contribution in [2.24, 2.45) is 0 Å². The number of unbranched alkanes of at least 4 members (excludes halogenated alkanes) is 10. The van der Waals surface area contributed by atoms with Gasteiger partial charge in [0.05, 0.1) is 11.1 Å². The SMILES string of the molecule is CCCCCCCCC1(CCCCCCCC)c2cc(C)ccc2-c2ccc(-c3ccc(N(c4ccc(C)cc4)c4cc(C(F)(F)F)cc(C(F)(F)F)c4)cc3)cc21. The first-order chi connectivity index (χ1) is 27.7. The highest BCUT2D eigenvalue weighted by Gasteiger charge is 2.43. The Hall–Kier alpha value is -4.52. The molecule has 1 aliphatic rings. The van der Waals surface area contributed by atoms with Crippen LogP contribution in [0.1, 0.15) is 137 Å². The van der Waals surface area contributed by atoms with E-state index in [0.717, 1.165) is 54.5 Å².